The smallest absolute Gasteiger partial charge is 0.122 e. The average molecular weight is 274 g/mol. The molecule has 3 nitrogen and oxygen atoms in total. The lowest BCUT2D eigenvalue weighted by Crippen LogP contribution is -2.21. The Hall–Kier alpha value is -0.930. The summed E-state index contributed by atoms with van der Waals surface area (Å²) < 4.78 is 10.8. The summed E-state index contributed by atoms with van der Waals surface area (Å²) in [6, 6.07) is 4.27. The fraction of sp³-hybridized carbons (Fsp3) is 0.571. The molecule has 0 fully saturated rings. The minimum atomic E-state index is 0. The number of nitrogens with two attached hydrogens (primary N) is 1. The Morgan fingerprint density at radius 1 is 1.06 bits per heavy atom. The number of aryl methyl sites for hydroxylation is 1. The lowest BCUT2D eigenvalue weighted by Gasteiger charge is -2.16. The third-order valence-corrected chi connectivity index (χ3v) is 3.07. The van der Waals surface area contributed by atoms with Gasteiger partial charge in [0, 0.05) is 6.04 Å². The van der Waals surface area contributed by atoms with Gasteiger partial charge in [0.2, 0.25) is 0 Å². The van der Waals surface area contributed by atoms with E-state index in [2.05, 4.69) is 19.9 Å². The number of hydrogen-bond donors (Lipinski definition) is 1. The van der Waals surface area contributed by atoms with Gasteiger partial charge in [-0.1, -0.05) is 13.8 Å². The van der Waals surface area contributed by atoms with Crippen molar-refractivity contribution in [1.82, 2.24) is 0 Å². The molecule has 0 saturated heterocycles. The molecule has 0 unspecified atom stereocenters. The molecule has 0 radical (unpaired) electrons. The van der Waals surface area contributed by atoms with E-state index in [0.29, 0.717) is 0 Å². The number of rotatable bonds is 6. The average Bonchev–Trinajstić information content (AvgIpc) is 2.37. The minimum Gasteiger partial charge on any atom is -0.496 e. The molecule has 0 aromatic heterocycles. The number of hydrogen-bond acceptors (Lipinski definition) is 3. The molecule has 1 aromatic rings. The van der Waals surface area contributed by atoms with Gasteiger partial charge in [-0.05, 0) is 42.5 Å². The topological polar surface area (TPSA) is 44.5 Å². The zero-order chi connectivity index (χ0) is 12.8. The molecule has 1 atom stereocenters. The van der Waals surface area contributed by atoms with Crippen LogP contribution in [0.4, 0.5) is 0 Å². The molecule has 0 heterocycles. The Kier molecular flexibility index (Phi) is 7.80. The van der Waals surface area contributed by atoms with Crippen LogP contribution in [0.2, 0.25) is 0 Å². The Morgan fingerprint density at radius 2 is 1.56 bits per heavy atom. The summed E-state index contributed by atoms with van der Waals surface area (Å²) in [5.41, 5.74) is 8.28. The van der Waals surface area contributed by atoms with Gasteiger partial charge in [-0.2, -0.15) is 0 Å². The molecule has 0 aliphatic heterocycles. The first-order valence-corrected chi connectivity index (χ1v) is 6.15. The van der Waals surface area contributed by atoms with Crippen LogP contribution in [0.1, 0.15) is 31.4 Å². The second-order valence-electron chi connectivity index (χ2n) is 4.20. The number of benzene rings is 1. The number of methoxy groups -OCH3 is 2. The van der Waals surface area contributed by atoms with Crippen LogP contribution in [0.5, 0.6) is 11.5 Å². The van der Waals surface area contributed by atoms with Gasteiger partial charge in [0.05, 0.1) is 14.2 Å². The highest BCUT2D eigenvalue weighted by Gasteiger charge is 2.12. The summed E-state index contributed by atoms with van der Waals surface area (Å²) in [4.78, 5) is 0. The standard InChI is InChI=1S/C14H23NO2.ClH/c1-5-10-8-14(17-4)11(7-12(15)6-2)9-13(10)16-3;/h8-9,12H,5-7,15H2,1-4H3;1H/t12-;/m0./s1. The van der Waals surface area contributed by atoms with E-state index in [1.165, 1.54) is 0 Å². The first kappa shape index (κ1) is 17.1. The predicted octanol–water partition coefficient (Wildman–Crippen LogP) is 2.97. The van der Waals surface area contributed by atoms with Gasteiger partial charge in [-0.3, -0.25) is 0 Å². The van der Waals surface area contributed by atoms with Gasteiger partial charge in [0.1, 0.15) is 11.5 Å². The lowest BCUT2D eigenvalue weighted by atomic mass is 10.00. The van der Waals surface area contributed by atoms with Crippen LogP contribution in [0.25, 0.3) is 0 Å². The zero-order valence-corrected chi connectivity index (χ0v) is 12.5. The second kappa shape index (κ2) is 8.22. The van der Waals surface area contributed by atoms with E-state index < -0.39 is 0 Å². The van der Waals surface area contributed by atoms with E-state index in [1.54, 1.807) is 14.2 Å². The summed E-state index contributed by atoms with van der Waals surface area (Å²) in [5, 5.41) is 0. The van der Waals surface area contributed by atoms with E-state index in [4.69, 9.17) is 15.2 Å². The molecule has 0 aliphatic carbocycles. The molecule has 18 heavy (non-hydrogen) atoms. The highest BCUT2D eigenvalue weighted by molar-refractivity contribution is 5.85. The normalized spacial score (nSPS) is 11.6. The molecule has 4 heteroatoms. The van der Waals surface area contributed by atoms with Crippen LogP contribution >= 0.6 is 12.4 Å². The molecule has 0 saturated carbocycles. The van der Waals surface area contributed by atoms with Crippen molar-refractivity contribution in [3.63, 3.8) is 0 Å². The summed E-state index contributed by atoms with van der Waals surface area (Å²) in [6.07, 6.45) is 2.71. The first-order chi connectivity index (χ1) is 8.15. The molecule has 1 aromatic carbocycles. The van der Waals surface area contributed by atoms with Crippen molar-refractivity contribution in [3.05, 3.63) is 23.3 Å². The van der Waals surface area contributed by atoms with E-state index in [1.807, 2.05) is 6.07 Å². The van der Waals surface area contributed by atoms with Gasteiger partial charge >= 0.3 is 0 Å². The molecule has 104 valence electrons. The fourth-order valence-corrected chi connectivity index (χ4v) is 1.89. The summed E-state index contributed by atoms with van der Waals surface area (Å²) >= 11 is 0. The van der Waals surface area contributed by atoms with Crippen molar-refractivity contribution < 1.29 is 9.47 Å². The maximum Gasteiger partial charge on any atom is 0.122 e. The van der Waals surface area contributed by atoms with Crippen LogP contribution in [0.15, 0.2) is 12.1 Å². The minimum absolute atomic E-state index is 0. The lowest BCUT2D eigenvalue weighted by molar-refractivity contribution is 0.393. The summed E-state index contributed by atoms with van der Waals surface area (Å²) in [7, 11) is 3.40. The van der Waals surface area contributed by atoms with Gasteiger partial charge in [0.15, 0.2) is 0 Å². The first-order valence-electron chi connectivity index (χ1n) is 6.15. The monoisotopic (exact) mass is 273 g/mol. The zero-order valence-electron chi connectivity index (χ0n) is 11.7. The van der Waals surface area contributed by atoms with Crippen LogP contribution in [-0.2, 0) is 12.8 Å². The molecule has 0 amide bonds. The predicted molar refractivity (Wildman–Crippen MR) is 78.1 cm³/mol. The number of ether oxygens (including phenoxy) is 2. The van der Waals surface area contributed by atoms with Crippen LogP contribution < -0.4 is 15.2 Å². The van der Waals surface area contributed by atoms with Gasteiger partial charge in [-0.25, -0.2) is 0 Å². The number of halogens is 1. The van der Waals surface area contributed by atoms with Crippen LogP contribution in [0.3, 0.4) is 0 Å². The summed E-state index contributed by atoms with van der Waals surface area (Å²) in [5.74, 6) is 1.83. The third-order valence-electron chi connectivity index (χ3n) is 3.07. The Bertz CT molecular complexity index is 369. The van der Waals surface area contributed by atoms with Gasteiger partial charge in [0.25, 0.3) is 0 Å². The molecule has 0 aliphatic rings. The quantitative estimate of drug-likeness (QED) is 0.867. The molecular formula is C14H24ClNO2. The molecule has 2 N–H and O–H groups in total. The van der Waals surface area contributed by atoms with Crippen molar-refractivity contribution in [2.75, 3.05) is 14.2 Å². The van der Waals surface area contributed by atoms with Crippen molar-refractivity contribution >= 4 is 12.4 Å². The molecular weight excluding hydrogens is 250 g/mol. The van der Waals surface area contributed by atoms with E-state index in [9.17, 15) is 0 Å². The molecule has 1 rings (SSSR count). The Balaban J connectivity index is 0.00000289. The highest BCUT2D eigenvalue weighted by atomic mass is 35.5. The van der Waals surface area contributed by atoms with Gasteiger partial charge in [-0.15, -0.1) is 12.4 Å². The van der Waals surface area contributed by atoms with Crippen LogP contribution in [-0.4, -0.2) is 20.3 Å². The van der Waals surface area contributed by atoms with E-state index >= 15 is 0 Å². The highest BCUT2D eigenvalue weighted by Crippen LogP contribution is 2.30. The van der Waals surface area contributed by atoms with Crippen molar-refractivity contribution in [2.24, 2.45) is 5.73 Å². The van der Waals surface area contributed by atoms with E-state index in [-0.39, 0.29) is 18.4 Å². The van der Waals surface area contributed by atoms with Gasteiger partial charge < -0.3 is 15.2 Å². The Morgan fingerprint density at radius 3 is 2.00 bits per heavy atom. The maximum absolute atomic E-state index is 5.99. The summed E-state index contributed by atoms with van der Waals surface area (Å²) in [6.45, 7) is 4.20. The van der Waals surface area contributed by atoms with Crippen LogP contribution in [0, 0.1) is 0 Å². The SMILES string of the molecule is CCc1cc(OC)c(C[C@@H](N)CC)cc1OC.Cl. The molecule has 0 spiro atoms. The molecule has 0 bridgehead atoms. The fourth-order valence-electron chi connectivity index (χ4n) is 1.89. The maximum atomic E-state index is 5.99. The van der Waals surface area contributed by atoms with Crippen molar-refractivity contribution in [2.45, 2.75) is 39.2 Å². The third kappa shape index (κ3) is 4.07. The van der Waals surface area contributed by atoms with Crippen molar-refractivity contribution in [1.29, 1.82) is 0 Å². The van der Waals surface area contributed by atoms with Crippen molar-refractivity contribution in [3.8, 4) is 11.5 Å². The largest absolute Gasteiger partial charge is 0.496 e. The second-order valence-corrected chi connectivity index (χ2v) is 4.20. The van der Waals surface area contributed by atoms with E-state index in [0.717, 1.165) is 41.9 Å². The Labute approximate surface area is 116 Å².